The molecule has 2 atom stereocenters. The van der Waals surface area contributed by atoms with Gasteiger partial charge in [-0.3, -0.25) is 33.7 Å². The first-order valence-electron chi connectivity index (χ1n) is 16.6. The van der Waals surface area contributed by atoms with Gasteiger partial charge in [-0.25, -0.2) is 4.79 Å². The van der Waals surface area contributed by atoms with Crippen LogP contribution in [0.1, 0.15) is 59.4 Å². The monoisotopic (exact) mass is 685 g/mol. The molecule has 0 radical (unpaired) electrons. The minimum atomic E-state index is -1.01. The lowest BCUT2D eigenvalue weighted by molar-refractivity contribution is -0.145. The number of amides is 8. The summed E-state index contributed by atoms with van der Waals surface area (Å²) in [5, 5.41) is 10.8. The Balaban J connectivity index is 2.08. The van der Waals surface area contributed by atoms with Gasteiger partial charge >= 0.3 is 6.03 Å². The maximum Gasteiger partial charge on any atom is 0.312 e. The summed E-state index contributed by atoms with van der Waals surface area (Å²) in [6.45, 7) is 9.89. The van der Waals surface area contributed by atoms with Crippen LogP contribution in [0.5, 0.6) is 0 Å². The number of carbonyl (C=O) groups is 7. The molecule has 15 heteroatoms. The predicted molar refractivity (Wildman–Crippen MR) is 183 cm³/mol. The molecule has 0 spiro atoms. The Morgan fingerprint density at radius 2 is 1.57 bits per heavy atom. The van der Waals surface area contributed by atoms with E-state index in [9.17, 15) is 33.6 Å². The minimum Gasteiger partial charge on any atom is -0.380 e. The van der Waals surface area contributed by atoms with Crippen LogP contribution in [0.25, 0.3) is 0 Å². The van der Waals surface area contributed by atoms with Gasteiger partial charge in [-0.1, -0.05) is 39.8 Å². The number of primary amides is 1. The van der Waals surface area contributed by atoms with E-state index in [4.69, 9.17) is 10.5 Å². The third-order valence-electron chi connectivity index (χ3n) is 7.60. The van der Waals surface area contributed by atoms with E-state index in [1.54, 1.807) is 32.9 Å². The number of nitrogens with one attached hydrogen (secondary N) is 4. The van der Waals surface area contributed by atoms with Gasteiger partial charge in [-0.15, -0.1) is 0 Å². The first-order chi connectivity index (χ1) is 23.2. The molecule has 8 amide bonds. The molecule has 0 saturated heterocycles. The van der Waals surface area contributed by atoms with Gasteiger partial charge in [-0.2, -0.15) is 0 Å². The summed E-state index contributed by atoms with van der Waals surface area (Å²) in [5.74, 6) is -3.19. The Morgan fingerprint density at radius 3 is 2.14 bits per heavy atom. The van der Waals surface area contributed by atoms with Crippen LogP contribution in [0.2, 0.25) is 0 Å². The number of benzene rings is 1. The van der Waals surface area contributed by atoms with Crippen LogP contribution < -0.4 is 27.0 Å². The van der Waals surface area contributed by atoms with Gasteiger partial charge in [0.1, 0.15) is 18.6 Å². The van der Waals surface area contributed by atoms with Crippen molar-refractivity contribution in [3.63, 3.8) is 0 Å². The number of rotatable bonds is 21. The van der Waals surface area contributed by atoms with Crippen molar-refractivity contribution >= 4 is 47.2 Å². The Kier molecular flexibility index (Phi) is 16.9. The van der Waals surface area contributed by atoms with E-state index in [0.29, 0.717) is 24.6 Å². The van der Waals surface area contributed by atoms with Gasteiger partial charge < -0.3 is 36.6 Å². The molecule has 2 rings (SSSR count). The van der Waals surface area contributed by atoms with Crippen molar-refractivity contribution in [1.82, 2.24) is 25.8 Å². The van der Waals surface area contributed by atoms with Crippen molar-refractivity contribution in [1.29, 1.82) is 0 Å². The van der Waals surface area contributed by atoms with Crippen LogP contribution in [-0.2, 0) is 39.9 Å². The molecule has 49 heavy (non-hydrogen) atoms. The van der Waals surface area contributed by atoms with Crippen molar-refractivity contribution in [2.45, 2.75) is 72.4 Å². The molecule has 0 bridgehead atoms. The van der Waals surface area contributed by atoms with E-state index in [1.807, 2.05) is 12.1 Å². The highest BCUT2D eigenvalue weighted by molar-refractivity contribution is 6.14. The van der Waals surface area contributed by atoms with Crippen molar-refractivity contribution in [2.75, 3.05) is 44.7 Å². The third-order valence-corrected chi connectivity index (χ3v) is 7.60. The first-order valence-corrected chi connectivity index (χ1v) is 16.6. The lowest BCUT2D eigenvalue weighted by Crippen LogP contribution is -2.55. The normalized spacial score (nSPS) is 13.7. The Hall–Kier alpha value is -4.79. The number of anilines is 1. The lowest BCUT2D eigenvalue weighted by Gasteiger charge is -2.27. The average molecular weight is 686 g/mol. The lowest BCUT2D eigenvalue weighted by atomic mass is 10.0. The fourth-order valence-electron chi connectivity index (χ4n) is 4.99. The molecule has 0 fully saturated rings. The molecule has 15 nitrogen and oxygen atoms in total. The Bertz CT molecular complexity index is 1330. The van der Waals surface area contributed by atoms with Gasteiger partial charge in [0.2, 0.25) is 23.6 Å². The number of carbonyl (C=O) groups excluding carboxylic acids is 7. The molecule has 0 unspecified atom stereocenters. The SMILES string of the molecule is CCOCCN(CCC(=O)N[C@H](C(=O)N[C@@H](CCCNC(N)=O)C(=O)Nc1ccc(CC(C)C)cc1)C(C)C)C(=O)CN1C(=O)C=CC1=O. The highest BCUT2D eigenvalue weighted by Crippen LogP contribution is 2.15. The van der Waals surface area contributed by atoms with E-state index >= 15 is 0 Å². The van der Waals surface area contributed by atoms with E-state index in [-0.39, 0.29) is 45.0 Å². The van der Waals surface area contributed by atoms with Gasteiger partial charge in [0, 0.05) is 50.5 Å². The molecule has 1 aromatic rings. The van der Waals surface area contributed by atoms with Crippen LogP contribution in [-0.4, -0.2) is 103 Å². The van der Waals surface area contributed by atoms with Crippen LogP contribution in [0.15, 0.2) is 36.4 Å². The molecular weight excluding hydrogens is 634 g/mol. The number of imide groups is 1. The largest absolute Gasteiger partial charge is 0.380 e. The zero-order chi connectivity index (χ0) is 36.5. The highest BCUT2D eigenvalue weighted by Gasteiger charge is 2.30. The Morgan fingerprint density at radius 1 is 0.918 bits per heavy atom. The number of hydrogen-bond acceptors (Lipinski definition) is 8. The summed E-state index contributed by atoms with van der Waals surface area (Å²) in [6.07, 6.45) is 3.40. The second-order valence-electron chi connectivity index (χ2n) is 12.5. The van der Waals surface area contributed by atoms with E-state index in [0.717, 1.165) is 29.0 Å². The minimum absolute atomic E-state index is 0.0539. The van der Waals surface area contributed by atoms with Gasteiger partial charge in [-0.05, 0) is 55.7 Å². The quantitative estimate of drug-likeness (QED) is 0.0932. The molecule has 1 aliphatic heterocycles. The van der Waals surface area contributed by atoms with Crippen molar-refractivity contribution < 1.29 is 38.3 Å². The number of nitrogens with zero attached hydrogens (tertiary/aromatic N) is 2. The highest BCUT2D eigenvalue weighted by atomic mass is 16.5. The van der Waals surface area contributed by atoms with E-state index < -0.39 is 60.1 Å². The van der Waals surface area contributed by atoms with Crippen LogP contribution in [0.4, 0.5) is 10.5 Å². The number of hydrogen-bond donors (Lipinski definition) is 5. The second-order valence-corrected chi connectivity index (χ2v) is 12.5. The predicted octanol–water partition coefficient (Wildman–Crippen LogP) is 1.08. The molecule has 6 N–H and O–H groups in total. The summed E-state index contributed by atoms with van der Waals surface area (Å²) in [5.41, 5.74) is 6.83. The smallest absolute Gasteiger partial charge is 0.312 e. The van der Waals surface area contributed by atoms with Crippen molar-refractivity contribution in [3.05, 3.63) is 42.0 Å². The summed E-state index contributed by atoms with van der Waals surface area (Å²) in [4.78, 5) is 90.1. The van der Waals surface area contributed by atoms with Crippen LogP contribution >= 0.6 is 0 Å². The molecule has 1 aromatic carbocycles. The summed E-state index contributed by atoms with van der Waals surface area (Å²) >= 11 is 0. The van der Waals surface area contributed by atoms with E-state index in [1.165, 1.54) is 4.90 Å². The zero-order valence-electron chi connectivity index (χ0n) is 29.1. The summed E-state index contributed by atoms with van der Waals surface area (Å²) < 4.78 is 5.35. The van der Waals surface area contributed by atoms with E-state index in [2.05, 4.69) is 35.1 Å². The molecule has 1 heterocycles. The van der Waals surface area contributed by atoms with Gasteiger partial charge in [0.25, 0.3) is 11.8 Å². The number of urea groups is 1. The molecule has 0 aliphatic carbocycles. The summed E-state index contributed by atoms with van der Waals surface area (Å²) in [6, 6.07) is 4.73. The fraction of sp³-hybridized carbons (Fsp3) is 0.559. The van der Waals surface area contributed by atoms with Gasteiger partial charge in [0.15, 0.2) is 0 Å². The molecule has 0 saturated carbocycles. The third kappa shape index (κ3) is 14.5. The van der Waals surface area contributed by atoms with Crippen molar-refractivity contribution in [3.8, 4) is 0 Å². The van der Waals surface area contributed by atoms with Crippen LogP contribution in [0, 0.1) is 11.8 Å². The first kappa shape index (κ1) is 40.4. The molecule has 270 valence electrons. The second kappa shape index (κ2) is 20.5. The summed E-state index contributed by atoms with van der Waals surface area (Å²) in [7, 11) is 0. The Labute approximate surface area is 287 Å². The van der Waals surface area contributed by atoms with Crippen LogP contribution in [0.3, 0.4) is 0 Å². The van der Waals surface area contributed by atoms with Gasteiger partial charge in [0.05, 0.1) is 6.61 Å². The number of nitrogens with two attached hydrogens (primary N) is 1. The zero-order valence-corrected chi connectivity index (χ0v) is 29.1. The number of ether oxygens (including phenoxy) is 1. The molecule has 1 aliphatic rings. The topological polar surface area (TPSA) is 209 Å². The standard InChI is InChI=1S/C34H51N7O8/c1-6-49-19-18-40(30(45)21-41-28(43)13-14-29(41)44)17-15-27(42)39-31(23(4)5)33(47)38-26(8-7-16-36-34(35)48)32(46)37-25-11-9-24(10-12-25)20-22(2)3/h9-14,22-23,26,31H,6-8,15-21H2,1-5H3,(H,37,46)(H,38,47)(H,39,42)(H3,35,36,48)/t26-,31-/m0/s1. The average Bonchev–Trinajstić information content (AvgIpc) is 3.35. The fourth-order valence-corrected chi connectivity index (χ4v) is 4.99. The maximum atomic E-state index is 13.5. The molecular formula is C34H51N7O8. The molecule has 0 aromatic heterocycles. The maximum absolute atomic E-state index is 13.5. The van der Waals surface area contributed by atoms with Crippen molar-refractivity contribution in [2.24, 2.45) is 17.6 Å².